The standard InChI is InChI=1S/C70H56ClN7O5S2/c71-64-60(75-68(85-64)76-69(48-30-13-3-14-31-48,49-32-15-4-16-33-49)50-34-17-5-18-35-50)61(77-83-70(51-36-19-6-20-37-51,52-38-21-7-22-39-52)53-40-23-8-24-41-53)65(79)74-59-56-44-54(58(46-26-9-1-10-27-46)47-28-11-2-12-29-47)63(62(67(81)82)78(56)66(59)80)84-57-42-25-43-73-55(57)45-72/h1-43,54,56,58-59H,44-45,72H2,(H,74,79)(H,75,76)(H,81,82)/t54?,56-,59+/m1/s1. The van der Waals surface area contributed by atoms with Crippen LogP contribution in [-0.4, -0.2) is 55.6 Å². The summed E-state index contributed by atoms with van der Waals surface area (Å²) in [6, 6.07) is 80.3. The number of hydrogen-bond acceptors (Lipinski definition) is 11. The highest BCUT2D eigenvalue weighted by Gasteiger charge is 2.57. The lowest BCUT2D eigenvalue weighted by atomic mass is 9.71. The SMILES string of the molecule is NCc1ncccc1SC1=C(C(=O)O)N2C(=O)[C@@H](NC(=O)C(=NOC(c3ccccc3)(c3ccccc3)c3ccccc3)c3nc(NC(c4ccccc4)(c4ccccc4)c4ccccc4)sc3Cl)[C@H]2CC1C(c1ccccc1)c1ccccc1. The van der Waals surface area contributed by atoms with Gasteiger partial charge in [-0.05, 0) is 46.4 Å². The van der Waals surface area contributed by atoms with Gasteiger partial charge in [0.1, 0.15) is 27.3 Å². The van der Waals surface area contributed by atoms with E-state index in [2.05, 4.69) is 15.6 Å². The maximum atomic E-state index is 15.9. The number of aromatic nitrogens is 2. The fraction of sp³-hybridized carbons (Fsp3) is 0.114. The number of fused-ring (bicyclic) bond motifs is 1. The number of carboxylic acid groups (broad SMARTS) is 1. The topological polar surface area (TPSA) is 172 Å². The van der Waals surface area contributed by atoms with Crippen LogP contribution in [-0.2, 0) is 36.9 Å². The zero-order valence-corrected chi connectivity index (χ0v) is 48.1. The molecule has 4 heterocycles. The highest BCUT2D eigenvalue weighted by molar-refractivity contribution is 8.03. The Morgan fingerprint density at radius 3 is 1.56 bits per heavy atom. The number of rotatable bonds is 20. The predicted molar refractivity (Wildman–Crippen MR) is 335 cm³/mol. The van der Waals surface area contributed by atoms with Crippen LogP contribution >= 0.6 is 34.7 Å². The van der Waals surface area contributed by atoms with Crippen molar-refractivity contribution in [2.75, 3.05) is 5.32 Å². The molecule has 15 heteroatoms. The van der Waals surface area contributed by atoms with Gasteiger partial charge in [-0.15, -0.1) is 0 Å². The number of amides is 2. The van der Waals surface area contributed by atoms with Crippen molar-refractivity contribution in [3.05, 3.63) is 332 Å². The van der Waals surface area contributed by atoms with Crippen molar-refractivity contribution >= 4 is 63.3 Å². The molecule has 3 atom stereocenters. The van der Waals surface area contributed by atoms with Crippen LogP contribution < -0.4 is 16.4 Å². The Kier molecular flexibility index (Phi) is 16.4. The number of carboxylic acids is 1. The molecule has 0 spiro atoms. The third-order valence-corrected chi connectivity index (χ3v) is 18.2. The second-order valence-corrected chi connectivity index (χ2v) is 23.3. The van der Waals surface area contributed by atoms with Crippen LogP contribution in [0.15, 0.2) is 282 Å². The number of benzene rings is 8. The molecule has 0 saturated carbocycles. The number of thiazole rings is 1. The Morgan fingerprint density at radius 1 is 0.671 bits per heavy atom. The maximum Gasteiger partial charge on any atom is 0.353 e. The van der Waals surface area contributed by atoms with Gasteiger partial charge in [-0.1, -0.05) is 283 Å². The number of carbonyl (C=O) groups is 3. The van der Waals surface area contributed by atoms with E-state index in [-0.39, 0.29) is 34.4 Å². The van der Waals surface area contributed by atoms with E-state index in [1.54, 1.807) is 12.3 Å². The monoisotopic (exact) mass is 1170 g/mol. The van der Waals surface area contributed by atoms with Gasteiger partial charge in [-0.2, -0.15) is 0 Å². The van der Waals surface area contributed by atoms with Gasteiger partial charge in [0, 0.05) is 51.1 Å². The molecule has 2 amide bonds. The molecule has 12 rings (SSSR count). The van der Waals surface area contributed by atoms with Gasteiger partial charge in [0.25, 0.3) is 11.8 Å². The minimum atomic E-state index is -1.46. The summed E-state index contributed by atoms with van der Waals surface area (Å²) in [5.74, 6) is -3.68. The molecule has 8 aromatic carbocycles. The number of pyridine rings is 1. The minimum Gasteiger partial charge on any atom is -0.477 e. The summed E-state index contributed by atoms with van der Waals surface area (Å²) in [7, 11) is 0. The van der Waals surface area contributed by atoms with Crippen molar-refractivity contribution in [1.29, 1.82) is 0 Å². The van der Waals surface area contributed by atoms with E-state index in [1.165, 1.54) is 16.7 Å². The number of hydrogen-bond donors (Lipinski definition) is 4. The zero-order chi connectivity index (χ0) is 58.3. The molecule has 0 radical (unpaired) electrons. The molecule has 1 saturated heterocycles. The van der Waals surface area contributed by atoms with Gasteiger partial charge in [-0.25, -0.2) is 9.78 Å². The van der Waals surface area contributed by atoms with Crippen molar-refractivity contribution in [3.8, 4) is 0 Å². The minimum absolute atomic E-state index is 0.0202. The Balaban J connectivity index is 1.00. The highest BCUT2D eigenvalue weighted by atomic mass is 35.5. The van der Waals surface area contributed by atoms with E-state index in [4.69, 9.17) is 32.3 Å². The second-order valence-electron chi connectivity index (χ2n) is 20.6. The van der Waals surface area contributed by atoms with Crippen molar-refractivity contribution in [2.24, 2.45) is 16.8 Å². The van der Waals surface area contributed by atoms with Gasteiger partial charge >= 0.3 is 5.97 Å². The number of thioether (sulfide) groups is 1. The lowest BCUT2D eigenvalue weighted by Gasteiger charge is -2.53. The van der Waals surface area contributed by atoms with Crippen LogP contribution in [0.5, 0.6) is 0 Å². The normalized spacial score (nSPS) is 16.1. The number of allylic oxidation sites excluding steroid dienone is 1. The Bertz CT molecular complexity index is 3800. The summed E-state index contributed by atoms with van der Waals surface area (Å²) in [5.41, 5.74) is 10.5. The Hall–Kier alpha value is -9.44. The summed E-state index contributed by atoms with van der Waals surface area (Å²) in [5, 5.41) is 23.5. The molecule has 0 bridgehead atoms. The van der Waals surface area contributed by atoms with E-state index in [1.807, 2.05) is 249 Å². The van der Waals surface area contributed by atoms with Crippen LogP contribution in [0.2, 0.25) is 4.34 Å². The number of nitrogens with one attached hydrogen (secondary N) is 2. The molecule has 2 aliphatic rings. The van der Waals surface area contributed by atoms with E-state index in [0.717, 1.165) is 39.2 Å². The fourth-order valence-corrected chi connectivity index (χ4v) is 14.3. The third kappa shape index (κ3) is 10.8. The lowest BCUT2D eigenvalue weighted by Crippen LogP contribution is -2.73. The number of β-lactam (4-membered cyclic amide) rings is 1. The predicted octanol–water partition coefficient (Wildman–Crippen LogP) is 13.4. The van der Waals surface area contributed by atoms with Crippen LogP contribution in [0.25, 0.3) is 0 Å². The van der Waals surface area contributed by atoms with Crippen LogP contribution in [0.1, 0.15) is 68.2 Å². The van der Waals surface area contributed by atoms with E-state index in [0.29, 0.717) is 37.3 Å². The number of halogens is 1. The highest BCUT2D eigenvalue weighted by Crippen LogP contribution is 2.53. The van der Waals surface area contributed by atoms with E-state index in [9.17, 15) is 9.90 Å². The van der Waals surface area contributed by atoms with Crippen LogP contribution in [0, 0.1) is 5.92 Å². The summed E-state index contributed by atoms with van der Waals surface area (Å²) in [6.07, 6.45) is 1.89. The van der Waals surface area contributed by atoms with Gasteiger partial charge < -0.3 is 26.3 Å². The maximum absolute atomic E-state index is 15.9. The third-order valence-electron chi connectivity index (χ3n) is 15.8. The van der Waals surface area contributed by atoms with Gasteiger partial charge in [-0.3, -0.25) is 19.5 Å². The molecular formula is C70H56ClN7O5S2. The molecule has 1 fully saturated rings. The average Bonchev–Trinajstić information content (AvgIpc) is 1.55. The summed E-state index contributed by atoms with van der Waals surface area (Å²) >= 11 is 9.82. The largest absolute Gasteiger partial charge is 0.477 e. The molecule has 85 heavy (non-hydrogen) atoms. The number of carbonyl (C=O) groups excluding carboxylic acids is 2. The number of aliphatic carboxylic acids is 1. The van der Waals surface area contributed by atoms with Gasteiger partial charge in [0.2, 0.25) is 5.60 Å². The van der Waals surface area contributed by atoms with Crippen molar-refractivity contribution < 1.29 is 24.3 Å². The Morgan fingerprint density at radius 2 is 1.12 bits per heavy atom. The molecule has 420 valence electrons. The average molecular weight is 1170 g/mol. The first kappa shape index (κ1) is 56.1. The molecule has 5 N–H and O–H groups in total. The van der Waals surface area contributed by atoms with Crippen LogP contribution in [0.3, 0.4) is 0 Å². The molecule has 1 unspecified atom stereocenters. The first-order chi connectivity index (χ1) is 41.7. The summed E-state index contributed by atoms with van der Waals surface area (Å²) < 4.78 is 0.102. The number of nitrogens with two attached hydrogens (primary N) is 1. The smallest absolute Gasteiger partial charge is 0.353 e. The molecule has 12 nitrogen and oxygen atoms in total. The number of oxime groups is 1. The van der Waals surface area contributed by atoms with E-state index < -0.39 is 52.8 Å². The Labute approximate surface area is 505 Å². The first-order valence-electron chi connectivity index (χ1n) is 27.8. The fourth-order valence-electron chi connectivity index (χ4n) is 11.9. The quantitative estimate of drug-likeness (QED) is 0.0249. The van der Waals surface area contributed by atoms with Crippen molar-refractivity contribution in [1.82, 2.24) is 20.2 Å². The molecular weight excluding hydrogens is 1120 g/mol. The molecule has 2 aromatic heterocycles. The van der Waals surface area contributed by atoms with Gasteiger partial charge in [0.05, 0.1) is 11.7 Å². The number of anilines is 1. The van der Waals surface area contributed by atoms with Gasteiger partial charge in [0.15, 0.2) is 10.8 Å². The number of nitrogens with zero attached hydrogens (tertiary/aromatic N) is 4. The second kappa shape index (κ2) is 24.8. The lowest BCUT2D eigenvalue weighted by molar-refractivity contribution is -0.156. The van der Waals surface area contributed by atoms with Crippen molar-refractivity contribution in [2.45, 2.75) is 47.0 Å². The zero-order valence-electron chi connectivity index (χ0n) is 45.7. The van der Waals surface area contributed by atoms with Crippen LogP contribution in [0.4, 0.5) is 5.13 Å². The summed E-state index contributed by atoms with van der Waals surface area (Å²) in [4.78, 5) is 64.2. The first-order valence-corrected chi connectivity index (χ1v) is 29.8. The molecule has 0 aliphatic carbocycles. The van der Waals surface area contributed by atoms with Crippen molar-refractivity contribution in [3.63, 3.8) is 0 Å². The molecule has 2 aliphatic heterocycles. The molecule has 10 aromatic rings. The summed E-state index contributed by atoms with van der Waals surface area (Å²) in [6.45, 7) is 0.106. The van der Waals surface area contributed by atoms with E-state index >= 15 is 9.59 Å².